The number of hydrogen-bond donors (Lipinski definition) is 2. The van der Waals surface area contributed by atoms with E-state index in [-0.39, 0.29) is 12.6 Å². The Hall–Kier alpha value is -1.46. The van der Waals surface area contributed by atoms with E-state index in [0.717, 1.165) is 25.7 Å². The highest BCUT2D eigenvalue weighted by atomic mass is 35.5. The van der Waals surface area contributed by atoms with E-state index in [0.29, 0.717) is 15.8 Å². The topological polar surface area (TPSA) is 67.4 Å². The largest absolute Gasteiger partial charge is 0.484 e. The molecule has 0 bridgehead atoms. The molecule has 22 heavy (non-hydrogen) atoms. The summed E-state index contributed by atoms with van der Waals surface area (Å²) in [6.45, 7) is -0.283. The number of benzene rings is 1. The molecule has 0 radical (unpaired) electrons. The van der Waals surface area contributed by atoms with Gasteiger partial charge in [-0.1, -0.05) is 42.5 Å². The molecule has 0 saturated heterocycles. The van der Waals surface area contributed by atoms with Gasteiger partial charge in [-0.15, -0.1) is 0 Å². The molecule has 0 unspecified atom stereocenters. The Morgan fingerprint density at radius 3 is 2.36 bits per heavy atom. The van der Waals surface area contributed by atoms with Crippen LogP contribution in [0.3, 0.4) is 0 Å². The molecule has 0 aliphatic heterocycles. The Labute approximate surface area is 139 Å². The minimum absolute atomic E-state index is 0.147. The zero-order valence-electron chi connectivity index (χ0n) is 12.0. The van der Waals surface area contributed by atoms with Gasteiger partial charge in [0.25, 0.3) is 5.91 Å². The number of carbonyl (C=O) groups is 2. The molecule has 0 aromatic heterocycles. The van der Waals surface area contributed by atoms with E-state index in [2.05, 4.69) is 10.6 Å². The lowest BCUT2D eigenvalue weighted by Crippen LogP contribution is -2.46. The summed E-state index contributed by atoms with van der Waals surface area (Å²) in [6, 6.07) is 4.32. The van der Waals surface area contributed by atoms with Crippen LogP contribution in [0.4, 0.5) is 4.79 Å². The average Bonchev–Trinajstić information content (AvgIpc) is 2.45. The van der Waals surface area contributed by atoms with Gasteiger partial charge >= 0.3 is 6.03 Å². The van der Waals surface area contributed by atoms with Gasteiger partial charge in [0.15, 0.2) is 6.61 Å². The quantitative estimate of drug-likeness (QED) is 0.877. The molecule has 0 heterocycles. The maximum Gasteiger partial charge on any atom is 0.321 e. The van der Waals surface area contributed by atoms with Crippen molar-refractivity contribution in [2.45, 2.75) is 38.1 Å². The number of halogens is 2. The van der Waals surface area contributed by atoms with Crippen LogP contribution in [0.15, 0.2) is 18.2 Å². The van der Waals surface area contributed by atoms with E-state index in [1.807, 2.05) is 0 Å². The van der Waals surface area contributed by atoms with Crippen molar-refractivity contribution in [2.24, 2.45) is 0 Å². The highest BCUT2D eigenvalue weighted by Gasteiger charge is 2.17. The number of nitrogens with one attached hydrogen (secondary N) is 2. The lowest BCUT2D eigenvalue weighted by molar-refractivity contribution is -0.122. The maximum atomic E-state index is 11.7. The number of amides is 3. The fourth-order valence-corrected chi connectivity index (χ4v) is 2.90. The van der Waals surface area contributed by atoms with Crippen molar-refractivity contribution in [2.75, 3.05) is 6.61 Å². The van der Waals surface area contributed by atoms with E-state index < -0.39 is 11.9 Å². The summed E-state index contributed by atoms with van der Waals surface area (Å²) >= 11 is 11.7. The number of imide groups is 1. The molecule has 0 spiro atoms. The molecule has 0 atom stereocenters. The Morgan fingerprint density at radius 1 is 1.09 bits per heavy atom. The summed E-state index contributed by atoms with van der Waals surface area (Å²) in [4.78, 5) is 23.4. The molecule has 2 rings (SSSR count). The lowest BCUT2D eigenvalue weighted by Gasteiger charge is -2.22. The summed E-state index contributed by atoms with van der Waals surface area (Å²) in [5, 5.41) is 5.87. The smallest absolute Gasteiger partial charge is 0.321 e. The summed E-state index contributed by atoms with van der Waals surface area (Å²) < 4.78 is 5.26. The van der Waals surface area contributed by atoms with Gasteiger partial charge in [0, 0.05) is 16.1 Å². The second-order valence-corrected chi connectivity index (χ2v) is 6.12. The minimum Gasteiger partial charge on any atom is -0.484 e. The van der Waals surface area contributed by atoms with Crippen molar-refractivity contribution in [3.63, 3.8) is 0 Å². The first-order valence-corrected chi connectivity index (χ1v) is 7.98. The van der Waals surface area contributed by atoms with Crippen LogP contribution >= 0.6 is 23.2 Å². The third-order valence-corrected chi connectivity index (χ3v) is 3.84. The number of urea groups is 1. The van der Waals surface area contributed by atoms with Crippen molar-refractivity contribution in [1.82, 2.24) is 10.6 Å². The van der Waals surface area contributed by atoms with Gasteiger partial charge in [-0.3, -0.25) is 10.1 Å². The molecule has 5 nitrogen and oxygen atoms in total. The van der Waals surface area contributed by atoms with Gasteiger partial charge < -0.3 is 10.1 Å². The van der Waals surface area contributed by atoms with Crippen LogP contribution < -0.4 is 15.4 Å². The van der Waals surface area contributed by atoms with Crippen LogP contribution in [-0.2, 0) is 4.79 Å². The van der Waals surface area contributed by atoms with E-state index in [1.54, 1.807) is 18.2 Å². The van der Waals surface area contributed by atoms with Gasteiger partial charge in [-0.2, -0.15) is 0 Å². The highest BCUT2D eigenvalue weighted by Crippen LogP contribution is 2.24. The van der Waals surface area contributed by atoms with Gasteiger partial charge in [-0.05, 0) is 31.0 Å². The molecule has 1 aliphatic carbocycles. The van der Waals surface area contributed by atoms with Crippen molar-refractivity contribution in [3.05, 3.63) is 28.2 Å². The van der Waals surface area contributed by atoms with Crippen LogP contribution in [0.25, 0.3) is 0 Å². The van der Waals surface area contributed by atoms with E-state index >= 15 is 0 Å². The van der Waals surface area contributed by atoms with E-state index in [4.69, 9.17) is 27.9 Å². The van der Waals surface area contributed by atoms with Crippen molar-refractivity contribution in [1.29, 1.82) is 0 Å². The van der Waals surface area contributed by atoms with Gasteiger partial charge in [-0.25, -0.2) is 4.79 Å². The fraction of sp³-hybridized carbons (Fsp3) is 0.467. The maximum absolute atomic E-state index is 11.7. The molecule has 3 amide bonds. The normalized spacial score (nSPS) is 15.2. The molecule has 120 valence electrons. The molecule has 1 saturated carbocycles. The fourth-order valence-electron chi connectivity index (χ4n) is 2.39. The van der Waals surface area contributed by atoms with Crippen molar-refractivity contribution in [3.8, 4) is 5.75 Å². The zero-order valence-corrected chi connectivity index (χ0v) is 13.5. The molecule has 7 heteroatoms. The Morgan fingerprint density at radius 2 is 1.73 bits per heavy atom. The molecule has 1 fully saturated rings. The summed E-state index contributed by atoms with van der Waals surface area (Å²) in [5.41, 5.74) is 0. The Kier molecular flexibility index (Phi) is 6.34. The predicted octanol–water partition coefficient (Wildman–Crippen LogP) is 3.53. The lowest BCUT2D eigenvalue weighted by atomic mass is 9.96. The second-order valence-electron chi connectivity index (χ2n) is 5.25. The van der Waals surface area contributed by atoms with Crippen LogP contribution in [0.1, 0.15) is 32.1 Å². The summed E-state index contributed by atoms with van der Waals surface area (Å²) in [5.74, 6) is -0.148. The zero-order chi connectivity index (χ0) is 15.9. The predicted molar refractivity (Wildman–Crippen MR) is 85.5 cm³/mol. The van der Waals surface area contributed by atoms with Crippen LogP contribution in [-0.4, -0.2) is 24.6 Å². The average molecular weight is 345 g/mol. The summed E-state index contributed by atoms with van der Waals surface area (Å²) in [7, 11) is 0. The van der Waals surface area contributed by atoms with Gasteiger partial charge in [0.05, 0.1) is 0 Å². The van der Waals surface area contributed by atoms with Gasteiger partial charge in [0.2, 0.25) is 0 Å². The first kappa shape index (κ1) is 16.9. The van der Waals surface area contributed by atoms with Crippen LogP contribution in [0, 0.1) is 0 Å². The summed E-state index contributed by atoms with van der Waals surface area (Å²) in [6.07, 6.45) is 5.34. The van der Waals surface area contributed by atoms with Crippen LogP contribution in [0.5, 0.6) is 5.75 Å². The molecular weight excluding hydrogens is 327 g/mol. The molecular formula is C15H18Cl2N2O3. The van der Waals surface area contributed by atoms with Crippen LogP contribution in [0.2, 0.25) is 10.0 Å². The first-order chi connectivity index (χ1) is 10.5. The molecule has 1 aromatic carbocycles. The van der Waals surface area contributed by atoms with Crippen molar-refractivity contribution >= 4 is 35.1 Å². The number of hydrogen-bond acceptors (Lipinski definition) is 3. The second kappa shape index (κ2) is 8.25. The number of carbonyl (C=O) groups excluding carboxylic acids is 2. The SMILES string of the molecule is O=C(COc1cc(Cl)cc(Cl)c1)NC(=O)NC1CCCCC1. The Balaban J connectivity index is 1.73. The first-order valence-electron chi connectivity index (χ1n) is 7.22. The standard InChI is InChI=1S/C15H18Cl2N2O3/c16-10-6-11(17)8-13(7-10)22-9-14(20)19-15(21)18-12-4-2-1-3-5-12/h6-8,12H,1-5,9H2,(H2,18,19,20,21). The third kappa shape index (κ3) is 5.73. The van der Waals surface area contributed by atoms with Gasteiger partial charge in [0.1, 0.15) is 5.75 Å². The monoisotopic (exact) mass is 344 g/mol. The highest BCUT2D eigenvalue weighted by molar-refractivity contribution is 6.34. The van der Waals surface area contributed by atoms with E-state index in [1.165, 1.54) is 6.42 Å². The molecule has 1 aliphatic rings. The van der Waals surface area contributed by atoms with E-state index in [9.17, 15) is 9.59 Å². The number of rotatable bonds is 4. The molecule has 1 aromatic rings. The Bertz CT molecular complexity index is 525. The number of ether oxygens (including phenoxy) is 1. The van der Waals surface area contributed by atoms with Crippen molar-refractivity contribution < 1.29 is 14.3 Å². The molecule has 2 N–H and O–H groups in total. The minimum atomic E-state index is -0.524. The third-order valence-electron chi connectivity index (χ3n) is 3.40.